The summed E-state index contributed by atoms with van der Waals surface area (Å²) in [4.78, 5) is 0. The highest BCUT2D eigenvalue weighted by atomic mass is 19.1. The number of halogens is 1. The molecule has 0 aliphatic carbocycles. The number of hydrogen-bond donors (Lipinski definition) is 1. The normalized spacial score (nSPS) is 23.1. The summed E-state index contributed by atoms with van der Waals surface area (Å²) < 4.78 is 19.5. The fourth-order valence-electron chi connectivity index (χ4n) is 2.23. The highest BCUT2D eigenvalue weighted by Gasteiger charge is 2.30. The lowest BCUT2D eigenvalue weighted by molar-refractivity contribution is 0.154. The number of rotatable bonds is 3. The molecule has 88 valence electrons. The Labute approximate surface area is 95.6 Å². The van der Waals surface area contributed by atoms with Crippen molar-refractivity contribution in [2.75, 3.05) is 13.2 Å². The second kappa shape index (κ2) is 4.42. The molecule has 2 rings (SSSR count). The van der Waals surface area contributed by atoms with E-state index in [0.717, 1.165) is 17.7 Å². The van der Waals surface area contributed by atoms with Crippen molar-refractivity contribution >= 4 is 0 Å². The van der Waals surface area contributed by atoms with Crippen LogP contribution in [0.1, 0.15) is 31.2 Å². The van der Waals surface area contributed by atoms with Crippen molar-refractivity contribution in [2.45, 2.75) is 31.4 Å². The molecule has 0 saturated heterocycles. The zero-order chi connectivity index (χ0) is 11.6. The smallest absolute Gasteiger partial charge is 0.122 e. The molecule has 2 unspecified atom stereocenters. The van der Waals surface area contributed by atoms with E-state index in [-0.39, 0.29) is 12.5 Å². The van der Waals surface area contributed by atoms with Crippen molar-refractivity contribution in [2.24, 2.45) is 5.73 Å². The monoisotopic (exact) mass is 223 g/mol. The Morgan fingerprint density at radius 2 is 2.25 bits per heavy atom. The largest absolute Gasteiger partial charge is 0.493 e. The first-order chi connectivity index (χ1) is 7.62. The number of ether oxygens (including phenoxy) is 1. The van der Waals surface area contributed by atoms with Crippen molar-refractivity contribution < 1.29 is 9.13 Å². The van der Waals surface area contributed by atoms with Crippen LogP contribution < -0.4 is 10.5 Å². The summed E-state index contributed by atoms with van der Waals surface area (Å²) in [5.41, 5.74) is 5.27. The molecular weight excluding hydrogens is 205 g/mol. The van der Waals surface area contributed by atoms with Gasteiger partial charge in [0.05, 0.1) is 6.61 Å². The first-order valence-corrected chi connectivity index (χ1v) is 5.73. The molecule has 0 amide bonds. The van der Waals surface area contributed by atoms with Crippen molar-refractivity contribution in [1.82, 2.24) is 0 Å². The van der Waals surface area contributed by atoms with Gasteiger partial charge in [-0.2, -0.15) is 0 Å². The van der Waals surface area contributed by atoms with Gasteiger partial charge in [0.15, 0.2) is 0 Å². The molecule has 1 aliphatic rings. The number of nitrogens with two attached hydrogens (primary N) is 1. The number of benzene rings is 1. The minimum absolute atomic E-state index is 0.0759. The summed E-state index contributed by atoms with van der Waals surface area (Å²) in [7, 11) is 0. The summed E-state index contributed by atoms with van der Waals surface area (Å²) in [5, 5.41) is 0. The van der Waals surface area contributed by atoms with Gasteiger partial charge in [0.25, 0.3) is 0 Å². The fraction of sp³-hybridized carbons (Fsp3) is 0.538. The minimum Gasteiger partial charge on any atom is -0.493 e. The van der Waals surface area contributed by atoms with Gasteiger partial charge in [-0.3, -0.25) is 0 Å². The average molecular weight is 223 g/mol. The lowest BCUT2D eigenvalue weighted by atomic mass is 9.84. The molecule has 1 heterocycles. The maximum absolute atomic E-state index is 13.9. The SMILES string of the molecule is CC(F)(CN)CC1CCOc2ccccc21. The van der Waals surface area contributed by atoms with Gasteiger partial charge in [0.2, 0.25) is 0 Å². The summed E-state index contributed by atoms with van der Waals surface area (Å²) in [6.45, 7) is 2.32. The molecule has 1 aromatic rings. The second-order valence-corrected chi connectivity index (χ2v) is 4.69. The zero-order valence-electron chi connectivity index (χ0n) is 9.58. The summed E-state index contributed by atoms with van der Waals surface area (Å²) in [6.07, 6.45) is 1.35. The van der Waals surface area contributed by atoms with E-state index in [1.807, 2.05) is 24.3 Å². The molecule has 3 heteroatoms. The average Bonchev–Trinajstić information content (AvgIpc) is 2.29. The lowest BCUT2D eigenvalue weighted by Crippen LogP contribution is -2.32. The molecule has 0 radical (unpaired) electrons. The van der Waals surface area contributed by atoms with Gasteiger partial charge in [0.1, 0.15) is 11.4 Å². The van der Waals surface area contributed by atoms with Gasteiger partial charge in [-0.05, 0) is 37.3 Å². The van der Waals surface area contributed by atoms with Crippen molar-refractivity contribution in [3.63, 3.8) is 0 Å². The quantitative estimate of drug-likeness (QED) is 0.855. The molecule has 2 N–H and O–H groups in total. The predicted octanol–water partition coefficient (Wildman–Crippen LogP) is 2.63. The highest BCUT2D eigenvalue weighted by molar-refractivity contribution is 5.37. The number of para-hydroxylation sites is 1. The van der Waals surface area contributed by atoms with E-state index >= 15 is 0 Å². The van der Waals surface area contributed by atoms with Crippen LogP contribution in [0.2, 0.25) is 0 Å². The maximum Gasteiger partial charge on any atom is 0.122 e. The predicted molar refractivity (Wildman–Crippen MR) is 62.5 cm³/mol. The number of hydrogen-bond acceptors (Lipinski definition) is 2. The molecule has 0 aromatic heterocycles. The van der Waals surface area contributed by atoms with E-state index in [2.05, 4.69) is 0 Å². The Morgan fingerprint density at radius 1 is 1.50 bits per heavy atom. The van der Waals surface area contributed by atoms with Crippen LogP contribution >= 0.6 is 0 Å². The third kappa shape index (κ3) is 2.35. The molecule has 0 bridgehead atoms. The first-order valence-electron chi connectivity index (χ1n) is 5.73. The van der Waals surface area contributed by atoms with Gasteiger partial charge < -0.3 is 10.5 Å². The van der Waals surface area contributed by atoms with Crippen LogP contribution in [0.25, 0.3) is 0 Å². The molecule has 0 fully saturated rings. The molecule has 2 atom stereocenters. The topological polar surface area (TPSA) is 35.2 Å². The van der Waals surface area contributed by atoms with E-state index in [9.17, 15) is 4.39 Å². The van der Waals surface area contributed by atoms with Gasteiger partial charge in [-0.15, -0.1) is 0 Å². The van der Waals surface area contributed by atoms with E-state index < -0.39 is 5.67 Å². The Balaban J connectivity index is 2.19. The summed E-state index contributed by atoms with van der Waals surface area (Å²) in [5.74, 6) is 1.12. The zero-order valence-corrected chi connectivity index (χ0v) is 9.58. The molecule has 0 saturated carbocycles. The molecule has 16 heavy (non-hydrogen) atoms. The summed E-state index contributed by atoms with van der Waals surface area (Å²) in [6, 6.07) is 7.88. The second-order valence-electron chi connectivity index (χ2n) is 4.69. The Kier molecular flexibility index (Phi) is 3.15. The van der Waals surface area contributed by atoms with Crippen LogP contribution in [0, 0.1) is 0 Å². The van der Waals surface area contributed by atoms with Crippen LogP contribution in [0.15, 0.2) is 24.3 Å². The third-order valence-electron chi connectivity index (χ3n) is 3.18. The Hall–Kier alpha value is -1.09. The lowest BCUT2D eigenvalue weighted by Gasteiger charge is -2.30. The molecule has 1 aliphatic heterocycles. The van der Waals surface area contributed by atoms with Gasteiger partial charge in [-0.1, -0.05) is 18.2 Å². The van der Waals surface area contributed by atoms with Crippen LogP contribution in [0.5, 0.6) is 5.75 Å². The molecule has 0 spiro atoms. The van der Waals surface area contributed by atoms with Gasteiger partial charge >= 0.3 is 0 Å². The molecule has 1 aromatic carbocycles. The third-order valence-corrected chi connectivity index (χ3v) is 3.18. The highest BCUT2D eigenvalue weighted by Crippen LogP contribution is 2.38. The first kappa shape index (κ1) is 11.4. The minimum atomic E-state index is -1.28. The van der Waals surface area contributed by atoms with E-state index in [4.69, 9.17) is 10.5 Å². The van der Waals surface area contributed by atoms with Crippen LogP contribution in [0.3, 0.4) is 0 Å². The maximum atomic E-state index is 13.9. The number of alkyl halides is 1. The van der Waals surface area contributed by atoms with Crippen LogP contribution in [0.4, 0.5) is 4.39 Å². The standard InChI is InChI=1S/C13H18FNO/c1-13(14,9-15)8-10-6-7-16-12-5-3-2-4-11(10)12/h2-5,10H,6-9,15H2,1H3. The van der Waals surface area contributed by atoms with Gasteiger partial charge in [0, 0.05) is 6.54 Å². The molecular formula is C13H18FNO. The Morgan fingerprint density at radius 3 is 3.00 bits per heavy atom. The van der Waals surface area contributed by atoms with E-state index in [1.54, 1.807) is 6.92 Å². The van der Waals surface area contributed by atoms with E-state index in [1.165, 1.54) is 0 Å². The number of fused-ring (bicyclic) bond motifs is 1. The summed E-state index contributed by atoms with van der Waals surface area (Å²) >= 11 is 0. The Bertz CT molecular complexity index is 365. The van der Waals surface area contributed by atoms with Crippen molar-refractivity contribution in [3.8, 4) is 5.75 Å². The molecule has 2 nitrogen and oxygen atoms in total. The van der Waals surface area contributed by atoms with Gasteiger partial charge in [-0.25, -0.2) is 4.39 Å². The van der Waals surface area contributed by atoms with Crippen molar-refractivity contribution in [1.29, 1.82) is 0 Å². The van der Waals surface area contributed by atoms with Crippen molar-refractivity contribution in [3.05, 3.63) is 29.8 Å². The van der Waals surface area contributed by atoms with Crippen LogP contribution in [-0.4, -0.2) is 18.8 Å². The van der Waals surface area contributed by atoms with Crippen LogP contribution in [-0.2, 0) is 0 Å². The van der Waals surface area contributed by atoms with E-state index in [0.29, 0.717) is 13.0 Å². The fourth-order valence-corrected chi connectivity index (χ4v) is 2.23.